The number of carbonyl (C=O) groups excluding carboxylic acids is 1. The molecule has 0 aliphatic carbocycles. The molecule has 152 valence electrons. The molecule has 1 fully saturated rings. The van der Waals surface area contributed by atoms with E-state index in [4.69, 9.17) is 4.74 Å². The largest absolute Gasteiger partial charge is 0.356 e. The molecule has 0 saturated carbocycles. The number of rotatable bonds is 7. The lowest BCUT2D eigenvalue weighted by atomic mass is 9.75. The molecule has 1 aromatic carbocycles. The van der Waals surface area contributed by atoms with Crippen LogP contribution in [0.2, 0.25) is 0 Å². The van der Waals surface area contributed by atoms with Crippen LogP contribution in [0.5, 0.6) is 0 Å². The Kier molecular flexibility index (Phi) is 7.65. The van der Waals surface area contributed by atoms with E-state index in [0.717, 1.165) is 32.4 Å². The van der Waals surface area contributed by atoms with E-state index in [9.17, 15) is 9.90 Å². The number of aliphatic hydroxyl groups excluding tert-OH is 1. The topological polar surface area (TPSA) is 73.8 Å². The molecular formula is C21H35N3O3. The number of piperidine rings is 1. The fourth-order valence-corrected chi connectivity index (χ4v) is 3.37. The standard InChI is InChI=1S/C21H35N3O3/c1-20(2,3)27-19(26)23-13-12-22-18(25)24-14-10-21(4,11-15-24)16-17-8-6-5-7-9-17/h5-9,19,23,26H,10-16H2,1-4H3,(H,22,25). The lowest BCUT2D eigenvalue weighted by molar-refractivity contribution is -0.180. The third-order valence-corrected chi connectivity index (χ3v) is 4.92. The Hall–Kier alpha value is -1.63. The molecule has 0 aromatic heterocycles. The third kappa shape index (κ3) is 7.87. The van der Waals surface area contributed by atoms with Gasteiger partial charge in [-0.3, -0.25) is 5.32 Å². The summed E-state index contributed by atoms with van der Waals surface area (Å²) in [6.45, 7) is 10.4. The summed E-state index contributed by atoms with van der Waals surface area (Å²) in [4.78, 5) is 14.2. The Bertz CT molecular complexity index is 578. The zero-order valence-corrected chi connectivity index (χ0v) is 17.1. The molecule has 3 N–H and O–H groups in total. The van der Waals surface area contributed by atoms with Crippen LogP contribution in [0.3, 0.4) is 0 Å². The second kappa shape index (κ2) is 9.53. The van der Waals surface area contributed by atoms with Crippen molar-refractivity contribution in [2.45, 2.75) is 59.0 Å². The molecule has 1 aliphatic rings. The third-order valence-electron chi connectivity index (χ3n) is 4.92. The number of likely N-dealkylation sites (tertiary alicyclic amines) is 1. The first kappa shape index (κ1) is 21.7. The maximum absolute atomic E-state index is 12.3. The Labute approximate surface area is 163 Å². The maximum Gasteiger partial charge on any atom is 0.317 e. The Balaban J connectivity index is 1.66. The van der Waals surface area contributed by atoms with Crippen LogP contribution in [-0.2, 0) is 11.2 Å². The van der Waals surface area contributed by atoms with Gasteiger partial charge < -0.3 is 20.1 Å². The van der Waals surface area contributed by atoms with Gasteiger partial charge in [0.05, 0.1) is 5.60 Å². The summed E-state index contributed by atoms with van der Waals surface area (Å²) < 4.78 is 5.35. The molecule has 2 amide bonds. The van der Waals surface area contributed by atoms with E-state index in [0.29, 0.717) is 13.1 Å². The van der Waals surface area contributed by atoms with Crippen LogP contribution in [0.4, 0.5) is 4.79 Å². The van der Waals surface area contributed by atoms with Crippen LogP contribution in [0.1, 0.15) is 46.1 Å². The molecule has 2 rings (SSSR count). The fourth-order valence-electron chi connectivity index (χ4n) is 3.37. The van der Waals surface area contributed by atoms with E-state index >= 15 is 0 Å². The van der Waals surface area contributed by atoms with Gasteiger partial charge in [0.25, 0.3) is 0 Å². The summed E-state index contributed by atoms with van der Waals surface area (Å²) in [7, 11) is 0. The lowest BCUT2D eigenvalue weighted by Gasteiger charge is -2.39. The van der Waals surface area contributed by atoms with Crippen molar-refractivity contribution in [1.82, 2.24) is 15.5 Å². The van der Waals surface area contributed by atoms with Crippen molar-refractivity contribution >= 4 is 6.03 Å². The molecule has 0 bridgehead atoms. The van der Waals surface area contributed by atoms with Crippen molar-refractivity contribution in [2.24, 2.45) is 5.41 Å². The van der Waals surface area contributed by atoms with Gasteiger partial charge in [-0.15, -0.1) is 0 Å². The van der Waals surface area contributed by atoms with E-state index in [1.165, 1.54) is 5.56 Å². The maximum atomic E-state index is 12.3. The quantitative estimate of drug-likeness (QED) is 0.505. The lowest BCUT2D eigenvalue weighted by Crippen LogP contribution is -2.49. The van der Waals surface area contributed by atoms with Gasteiger partial charge in [0.15, 0.2) is 0 Å². The number of hydrogen-bond donors (Lipinski definition) is 3. The van der Waals surface area contributed by atoms with Crippen molar-refractivity contribution in [3.05, 3.63) is 35.9 Å². The van der Waals surface area contributed by atoms with Gasteiger partial charge in [0, 0.05) is 26.2 Å². The normalized spacial score (nSPS) is 18.2. The van der Waals surface area contributed by atoms with Crippen LogP contribution in [0, 0.1) is 5.41 Å². The fraction of sp³-hybridized carbons (Fsp3) is 0.667. The van der Waals surface area contributed by atoms with Crippen molar-refractivity contribution in [2.75, 3.05) is 26.2 Å². The van der Waals surface area contributed by atoms with Crippen LogP contribution in [0.15, 0.2) is 30.3 Å². The van der Waals surface area contributed by atoms with Gasteiger partial charge in [0.2, 0.25) is 6.41 Å². The number of aliphatic hydroxyl groups is 1. The van der Waals surface area contributed by atoms with Crippen molar-refractivity contribution in [1.29, 1.82) is 0 Å². The van der Waals surface area contributed by atoms with E-state index < -0.39 is 12.0 Å². The zero-order chi connectivity index (χ0) is 19.9. The second-order valence-corrected chi connectivity index (χ2v) is 8.73. The zero-order valence-electron chi connectivity index (χ0n) is 17.1. The van der Waals surface area contributed by atoms with Crippen molar-refractivity contribution < 1.29 is 14.6 Å². The number of nitrogens with one attached hydrogen (secondary N) is 2. The Morgan fingerprint density at radius 2 is 1.85 bits per heavy atom. The minimum absolute atomic E-state index is 0.0372. The molecule has 1 aliphatic heterocycles. The minimum atomic E-state index is -1.03. The molecule has 27 heavy (non-hydrogen) atoms. The molecule has 1 heterocycles. The first-order valence-electron chi connectivity index (χ1n) is 9.83. The smallest absolute Gasteiger partial charge is 0.317 e. The number of nitrogens with zero attached hydrogens (tertiary/aromatic N) is 1. The number of carbonyl (C=O) groups is 1. The number of ether oxygens (including phenoxy) is 1. The second-order valence-electron chi connectivity index (χ2n) is 8.73. The van der Waals surface area contributed by atoms with E-state index in [2.05, 4.69) is 41.8 Å². The molecule has 0 radical (unpaired) electrons. The first-order chi connectivity index (χ1) is 12.7. The molecule has 0 spiro atoms. The number of hydrogen-bond acceptors (Lipinski definition) is 4. The van der Waals surface area contributed by atoms with E-state index in [1.54, 1.807) is 0 Å². The Morgan fingerprint density at radius 1 is 1.22 bits per heavy atom. The van der Waals surface area contributed by atoms with E-state index in [-0.39, 0.29) is 11.4 Å². The molecule has 1 aromatic rings. The highest BCUT2D eigenvalue weighted by Crippen LogP contribution is 2.34. The van der Waals surface area contributed by atoms with Gasteiger partial charge >= 0.3 is 6.03 Å². The molecule has 6 heteroatoms. The summed E-state index contributed by atoms with van der Waals surface area (Å²) in [6.07, 6.45) is 2.03. The predicted octanol–water partition coefficient (Wildman–Crippen LogP) is 2.72. The Morgan fingerprint density at radius 3 is 2.44 bits per heavy atom. The van der Waals surface area contributed by atoms with Gasteiger partial charge in [-0.2, -0.15) is 0 Å². The van der Waals surface area contributed by atoms with Crippen molar-refractivity contribution in [3.8, 4) is 0 Å². The summed E-state index contributed by atoms with van der Waals surface area (Å²) in [5.74, 6) is 0. The van der Waals surface area contributed by atoms with Crippen LogP contribution < -0.4 is 10.6 Å². The summed E-state index contributed by atoms with van der Waals surface area (Å²) in [6, 6.07) is 10.5. The van der Waals surface area contributed by atoms with Gasteiger partial charge in [-0.25, -0.2) is 4.79 Å². The summed E-state index contributed by atoms with van der Waals surface area (Å²) in [5, 5.41) is 15.5. The SMILES string of the molecule is CC1(Cc2ccccc2)CCN(C(=O)NCCNC(O)OC(C)(C)C)CC1. The van der Waals surface area contributed by atoms with E-state index in [1.807, 2.05) is 31.7 Å². The minimum Gasteiger partial charge on any atom is -0.356 e. The van der Waals surface area contributed by atoms with Crippen LogP contribution in [-0.4, -0.2) is 54.2 Å². The van der Waals surface area contributed by atoms with Gasteiger partial charge in [0.1, 0.15) is 0 Å². The van der Waals surface area contributed by atoms with Crippen LogP contribution in [0.25, 0.3) is 0 Å². The molecule has 1 unspecified atom stereocenters. The predicted molar refractivity (Wildman–Crippen MR) is 107 cm³/mol. The molecule has 1 atom stereocenters. The number of amides is 2. The summed E-state index contributed by atoms with van der Waals surface area (Å²) in [5.41, 5.74) is 1.18. The summed E-state index contributed by atoms with van der Waals surface area (Å²) >= 11 is 0. The average Bonchev–Trinajstić information content (AvgIpc) is 2.58. The molecule has 6 nitrogen and oxygen atoms in total. The molecular weight excluding hydrogens is 342 g/mol. The van der Waals surface area contributed by atoms with Gasteiger partial charge in [-0.1, -0.05) is 37.3 Å². The van der Waals surface area contributed by atoms with Crippen LogP contribution >= 0.6 is 0 Å². The highest BCUT2D eigenvalue weighted by atomic mass is 16.6. The number of urea groups is 1. The highest BCUT2D eigenvalue weighted by molar-refractivity contribution is 5.74. The number of benzene rings is 1. The van der Waals surface area contributed by atoms with Crippen molar-refractivity contribution in [3.63, 3.8) is 0 Å². The monoisotopic (exact) mass is 377 g/mol. The van der Waals surface area contributed by atoms with Gasteiger partial charge in [-0.05, 0) is 51.0 Å². The average molecular weight is 378 g/mol. The first-order valence-corrected chi connectivity index (χ1v) is 9.83. The highest BCUT2D eigenvalue weighted by Gasteiger charge is 2.31. The molecule has 1 saturated heterocycles.